The van der Waals surface area contributed by atoms with Crippen LogP contribution in [0, 0.1) is 10.1 Å². The van der Waals surface area contributed by atoms with Gasteiger partial charge in [0.05, 0.1) is 30.0 Å². The van der Waals surface area contributed by atoms with Gasteiger partial charge in [-0.3, -0.25) is 10.1 Å². The lowest BCUT2D eigenvalue weighted by molar-refractivity contribution is -0.385. The van der Waals surface area contributed by atoms with E-state index < -0.39 is 10.9 Å². The Bertz CT molecular complexity index is 779. The fraction of sp³-hybridized carbons (Fsp3) is 0.438. The number of alkyl halides is 1. The van der Waals surface area contributed by atoms with Crippen molar-refractivity contribution < 1.29 is 19.2 Å². The van der Waals surface area contributed by atoms with Crippen LogP contribution in [0.3, 0.4) is 0 Å². The number of nitro groups is 1. The third kappa shape index (κ3) is 2.72. The summed E-state index contributed by atoms with van der Waals surface area (Å²) >= 11 is 3.57. The molecule has 0 radical (unpaired) electrons. The van der Waals surface area contributed by atoms with E-state index in [1.54, 1.807) is 24.9 Å². The number of allylic oxidation sites excluding steroid dienone is 1. The van der Waals surface area contributed by atoms with Crippen molar-refractivity contribution in [2.24, 2.45) is 0 Å². The maximum Gasteiger partial charge on any atom is 0.356 e. The van der Waals surface area contributed by atoms with E-state index in [2.05, 4.69) is 15.9 Å². The van der Waals surface area contributed by atoms with Gasteiger partial charge in [-0.05, 0) is 47.3 Å². The Morgan fingerprint density at radius 3 is 2.76 bits per heavy atom. The second kappa shape index (κ2) is 6.55. The smallest absolute Gasteiger partial charge is 0.356 e. The van der Waals surface area contributed by atoms with Crippen LogP contribution in [-0.4, -0.2) is 41.6 Å². The number of benzene rings is 1. The molecule has 0 amide bonds. The summed E-state index contributed by atoms with van der Waals surface area (Å²) in [4.78, 5) is 26.9. The minimum Gasteiger partial charge on any atom is -0.490 e. The van der Waals surface area contributed by atoms with Gasteiger partial charge in [0.25, 0.3) is 0 Å². The predicted octanol–water partition coefficient (Wildman–Crippen LogP) is 2.75. The molecule has 9 heteroatoms. The Kier molecular flexibility index (Phi) is 4.59. The largest absolute Gasteiger partial charge is 0.490 e. The Labute approximate surface area is 153 Å². The molecule has 134 valence electrons. The van der Waals surface area contributed by atoms with E-state index in [-0.39, 0.29) is 23.1 Å². The van der Waals surface area contributed by atoms with E-state index in [1.165, 1.54) is 13.2 Å². The number of hydrogen-bond donors (Lipinski definition) is 0. The van der Waals surface area contributed by atoms with Crippen molar-refractivity contribution in [2.75, 3.05) is 25.7 Å². The monoisotopic (exact) mass is 411 g/mol. The highest BCUT2D eigenvalue weighted by molar-refractivity contribution is 9.09. The van der Waals surface area contributed by atoms with Gasteiger partial charge in [0, 0.05) is 13.1 Å². The van der Waals surface area contributed by atoms with E-state index in [1.807, 2.05) is 4.90 Å². The Morgan fingerprint density at radius 2 is 2.16 bits per heavy atom. The average molecular weight is 412 g/mol. The average Bonchev–Trinajstić information content (AvgIpc) is 2.85. The number of ether oxygens (including phenoxy) is 2. The first kappa shape index (κ1) is 17.5. The fourth-order valence-electron chi connectivity index (χ4n) is 3.27. The van der Waals surface area contributed by atoms with Crippen LogP contribution in [0.5, 0.6) is 5.75 Å². The molecule has 0 fully saturated rings. The summed E-state index contributed by atoms with van der Waals surface area (Å²) in [6.45, 7) is 2.04. The minimum absolute atomic E-state index is 0.102. The Balaban J connectivity index is 2.14. The van der Waals surface area contributed by atoms with E-state index in [4.69, 9.17) is 9.47 Å². The molecule has 0 saturated carbocycles. The molecule has 1 aromatic rings. The van der Waals surface area contributed by atoms with Gasteiger partial charge in [0.15, 0.2) is 10.8 Å². The molecule has 1 unspecified atom stereocenters. The fourth-order valence-corrected chi connectivity index (χ4v) is 3.94. The zero-order valence-corrected chi connectivity index (χ0v) is 15.7. The molecular formula is C16H18BrN3O5. The molecule has 0 saturated heterocycles. The standard InChI is InChI=1S/C16H18BrN3O5/c1-4-25-15(21)14-10-6-5-9-7-13(24-3)12(20(22)23)8-11(9)19(10)16(17)18(14)2/h7-8,16H,4-6H2,1-3H3. The van der Waals surface area contributed by atoms with Crippen LogP contribution < -0.4 is 9.64 Å². The quantitative estimate of drug-likeness (QED) is 0.247. The van der Waals surface area contributed by atoms with Gasteiger partial charge in [-0.2, -0.15) is 0 Å². The summed E-state index contributed by atoms with van der Waals surface area (Å²) < 4.78 is 10.3. The third-order valence-corrected chi connectivity index (χ3v) is 5.41. The van der Waals surface area contributed by atoms with Crippen molar-refractivity contribution in [3.63, 3.8) is 0 Å². The van der Waals surface area contributed by atoms with E-state index >= 15 is 0 Å². The summed E-state index contributed by atoms with van der Waals surface area (Å²) in [6.07, 6.45) is 1.29. The van der Waals surface area contributed by atoms with E-state index in [9.17, 15) is 14.9 Å². The second-order valence-electron chi connectivity index (χ2n) is 5.72. The van der Waals surface area contributed by atoms with Gasteiger partial charge in [0.2, 0.25) is 0 Å². The van der Waals surface area contributed by atoms with Gasteiger partial charge in [-0.15, -0.1) is 0 Å². The topological polar surface area (TPSA) is 85.1 Å². The number of nitro benzene ring substituents is 1. The number of aryl methyl sites for hydroxylation is 1. The lowest BCUT2D eigenvalue weighted by Gasteiger charge is -2.33. The summed E-state index contributed by atoms with van der Waals surface area (Å²) in [7, 11) is 3.20. The third-order valence-electron chi connectivity index (χ3n) is 4.39. The highest BCUT2D eigenvalue weighted by atomic mass is 79.9. The molecular weight excluding hydrogens is 394 g/mol. The molecule has 2 aliphatic rings. The van der Waals surface area contributed by atoms with Gasteiger partial charge >= 0.3 is 11.7 Å². The van der Waals surface area contributed by atoms with Crippen molar-refractivity contribution >= 4 is 33.3 Å². The molecule has 25 heavy (non-hydrogen) atoms. The first-order chi connectivity index (χ1) is 11.9. The number of methoxy groups -OCH3 is 1. The summed E-state index contributed by atoms with van der Waals surface area (Å²) in [5, 5.41) is 11.0. The molecule has 3 rings (SSSR count). The van der Waals surface area contributed by atoms with Crippen LogP contribution >= 0.6 is 15.9 Å². The normalized spacial score (nSPS) is 18.8. The van der Waals surface area contributed by atoms with Crippen LogP contribution in [0.2, 0.25) is 0 Å². The van der Waals surface area contributed by atoms with Crippen molar-refractivity contribution in [1.82, 2.24) is 4.90 Å². The summed E-state index contributed by atoms with van der Waals surface area (Å²) in [6, 6.07) is 3.20. The second-order valence-corrected chi connectivity index (χ2v) is 6.54. The number of carbonyl (C=O) groups excluding carboxylic acids is 1. The molecule has 0 spiro atoms. The summed E-state index contributed by atoms with van der Waals surface area (Å²) in [5.74, 6) is -0.154. The van der Waals surface area contributed by atoms with Gasteiger partial charge in [-0.25, -0.2) is 4.79 Å². The van der Waals surface area contributed by atoms with Crippen LogP contribution in [-0.2, 0) is 16.0 Å². The predicted molar refractivity (Wildman–Crippen MR) is 94.6 cm³/mol. The first-order valence-corrected chi connectivity index (χ1v) is 8.74. The molecule has 0 N–H and O–H groups in total. The number of halogens is 1. The number of anilines is 1. The number of fused-ring (bicyclic) bond motifs is 3. The highest BCUT2D eigenvalue weighted by Gasteiger charge is 2.42. The van der Waals surface area contributed by atoms with Gasteiger partial charge in [0.1, 0.15) is 5.70 Å². The van der Waals surface area contributed by atoms with Crippen LogP contribution in [0.4, 0.5) is 11.4 Å². The van der Waals surface area contributed by atoms with Crippen molar-refractivity contribution in [3.05, 3.63) is 39.2 Å². The number of esters is 1. The van der Waals surface area contributed by atoms with Crippen LogP contribution in [0.1, 0.15) is 18.9 Å². The molecule has 1 atom stereocenters. The lowest BCUT2D eigenvalue weighted by Crippen LogP contribution is -2.36. The maximum atomic E-state index is 12.3. The lowest BCUT2D eigenvalue weighted by atomic mass is 9.98. The number of hydrogen-bond acceptors (Lipinski definition) is 7. The van der Waals surface area contributed by atoms with Crippen molar-refractivity contribution in [1.29, 1.82) is 0 Å². The van der Waals surface area contributed by atoms with E-state index in [0.29, 0.717) is 24.2 Å². The molecule has 2 heterocycles. The van der Waals surface area contributed by atoms with Gasteiger partial charge < -0.3 is 19.3 Å². The molecule has 2 aliphatic heterocycles. The summed E-state index contributed by atoms with van der Waals surface area (Å²) in [5.41, 5.74) is 2.81. The number of nitrogens with zero attached hydrogens (tertiary/aromatic N) is 3. The number of rotatable bonds is 4. The Hall–Kier alpha value is -2.29. The first-order valence-electron chi connectivity index (χ1n) is 7.82. The maximum absolute atomic E-state index is 12.3. The van der Waals surface area contributed by atoms with Crippen LogP contribution in [0.15, 0.2) is 23.5 Å². The number of likely N-dealkylation sites (N-methyl/N-ethyl adjacent to an activating group) is 1. The Morgan fingerprint density at radius 1 is 1.44 bits per heavy atom. The molecule has 0 aliphatic carbocycles. The molecule has 8 nitrogen and oxygen atoms in total. The zero-order chi connectivity index (χ0) is 18.3. The number of carbonyl (C=O) groups is 1. The van der Waals surface area contributed by atoms with Crippen LogP contribution in [0.25, 0.3) is 0 Å². The SMILES string of the molecule is CCOC(=O)C1=C2CCc3cc(OC)c([N+](=O)[O-])cc3N2C(Br)N1C. The van der Waals surface area contributed by atoms with E-state index in [0.717, 1.165) is 11.3 Å². The minimum atomic E-state index is -0.466. The molecule has 1 aromatic carbocycles. The zero-order valence-electron chi connectivity index (χ0n) is 14.1. The van der Waals surface area contributed by atoms with Gasteiger partial charge in [-0.1, -0.05) is 0 Å². The van der Waals surface area contributed by atoms with Crippen molar-refractivity contribution in [3.8, 4) is 5.75 Å². The molecule has 0 aromatic heterocycles. The van der Waals surface area contributed by atoms with Crippen molar-refractivity contribution in [2.45, 2.75) is 24.8 Å². The molecule has 0 bridgehead atoms. The highest BCUT2D eigenvalue weighted by Crippen LogP contribution is 2.46.